The van der Waals surface area contributed by atoms with Crippen molar-refractivity contribution in [3.05, 3.63) is 243 Å². The molecule has 0 aliphatic carbocycles. The first-order valence-corrected chi connectivity index (χ1v) is 23.3. The van der Waals surface area contributed by atoms with E-state index in [1.165, 1.54) is 59.9 Å². The Bertz CT molecular complexity index is 4220. The summed E-state index contributed by atoms with van der Waals surface area (Å²) < 4.78 is 7.17. The van der Waals surface area contributed by atoms with Gasteiger partial charge >= 0.3 is 0 Å². The third-order valence-corrected chi connectivity index (χ3v) is 13.7. The molecule has 0 unspecified atom stereocenters. The highest BCUT2D eigenvalue weighted by Crippen LogP contribution is 2.42. The average molecular weight is 881 g/mol. The van der Waals surface area contributed by atoms with Gasteiger partial charge in [-0.25, -0.2) is 15.0 Å². The Kier molecular flexibility index (Phi) is 8.79. The number of benzene rings is 10. The topological polar surface area (TPSA) is 53.5 Å². The number of para-hydroxylation sites is 1. The first-order chi connectivity index (χ1) is 34.2. The lowest BCUT2D eigenvalue weighted by Crippen LogP contribution is -2.00. The molecule has 6 nitrogen and oxygen atoms in total. The van der Waals surface area contributed by atoms with Gasteiger partial charge in [0, 0.05) is 66.9 Å². The number of nitrogens with zero attached hydrogens (tertiary/aromatic N) is 6. The van der Waals surface area contributed by atoms with Crippen LogP contribution in [0.25, 0.3) is 128 Å². The summed E-state index contributed by atoms with van der Waals surface area (Å²) in [5.74, 6) is 1.91. The van der Waals surface area contributed by atoms with Gasteiger partial charge in [0.1, 0.15) is 0 Å². The maximum Gasteiger partial charge on any atom is 0.164 e. The average Bonchev–Trinajstić information content (AvgIpc) is 4.12. The maximum absolute atomic E-state index is 5.01. The first-order valence-electron chi connectivity index (χ1n) is 23.3. The lowest BCUT2D eigenvalue weighted by atomic mass is 10.0. The molecule has 4 heterocycles. The molecular formula is C63H40N6. The van der Waals surface area contributed by atoms with Gasteiger partial charge in [-0.1, -0.05) is 158 Å². The van der Waals surface area contributed by atoms with E-state index in [2.05, 4.69) is 196 Å². The zero-order chi connectivity index (χ0) is 45.4. The van der Waals surface area contributed by atoms with Crippen molar-refractivity contribution in [2.24, 2.45) is 0 Å². The zero-order valence-electron chi connectivity index (χ0n) is 37.3. The van der Waals surface area contributed by atoms with Crippen LogP contribution in [0, 0.1) is 0 Å². The molecule has 0 amide bonds. The van der Waals surface area contributed by atoms with E-state index in [9.17, 15) is 0 Å². The second-order valence-corrected chi connectivity index (χ2v) is 17.6. The van der Waals surface area contributed by atoms with Crippen LogP contribution in [0.4, 0.5) is 0 Å². The molecular weight excluding hydrogens is 841 g/mol. The minimum atomic E-state index is 0.629. The molecule has 0 bridgehead atoms. The van der Waals surface area contributed by atoms with E-state index >= 15 is 0 Å². The van der Waals surface area contributed by atoms with Crippen LogP contribution in [0.1, 0.15) is 0 Å². The lowest BCUT2D eigenvalue weighted by Gasteiger charge is -2.12. The van der Waals surface area contributed by atoms with Gasteiger partial charge in [0.15, 0.2) is 17.5 Å². The summed E-state index contributed by atoms with van der Waals surface area (Å²) in [4.78, 5) is 14.9. The molecule has 69 heavy (non-hydrogen) atoms. The van der Waals surface area contributed by atoms with Gasteiger partial charge in [-0.15, -0.1) is 0 Å². The minimum absolute atomic E-state index is 0.629. The molecule has 0 aliphatic rings. The van der Waals surface area contributed by atoms with Gasteiger partial charge in [-0.05, 0) is 101 Å². The van der Waals surface area contributed by atoms with Gasteiger partial charge < -0.3 is 13.7 Å². The predicted octanol–water partition coefficient (Wildman–Crippen LogP) is 15.8. The zero-order valence-corrected chi connectivity index (χ0v) is 37.3. The summed E-state index contributed by atoms with van der Waals surface area (Å²) in [7, 11) is 0. The highest BCUT2D eigenvalue weighted by atomic mass is 15.0. The monoisotopic (exact) mass is 880 g/mol. The van der Waals surface area contributed by atoms with E-state index in [0.29, 0.717) is 17.5 Å². The molecule has 0 saturated carbocycles. The number of hydrogen-bond acceptors (Lipinski definition) is 3. The molecule has 322 valence electrons. The van der Waals surface area contributed by atoms with Crippen LogP contribution in [0.3, 0.4) is 0 Å². The molecule has 0 radical (unpaired) electrons. The van der Waals surface area contributed by atoms with Gasteiger partial charge in [0.25, 0.3) is 0 Å². The number of fused-ring (bicyclic) bond motifs is 10. The summed E-state index contributed by atoms with van der Waals surface area (Å²) in [6.45, 7) is 0. The largest absolute Gasteiger partial charge is 0.316 e. The van der Waals surface area contributed by atoms with Crippen molar-refractivity contribution in [2.45, 2.75) is 0 Å². The molecule has 6 heteroatoms. The van der Waals surface area contributed by atoms with Gasteiger partial charge in [0.2, 0.25) is 0 Å². The molecule has 14 aromatic rings. The minimum Gasteiger partial charge on any atom is -0.316 e. The van der Waals surface area contributed by atoms with E-state index < -0.39 is 0 Å². The van der Waals surface area contributed by atoms with Gasteiger partial charge in [-0.3, -0.25) is 0 Å². The Morgan fingerprint density at radius 1 is 0.261 bits per heavy atom. The van der Waals surface area contributed by atoms with E-state index in [-0.39, 0.29) is 0 Å². The smallest absolute Gasteiger partial charge is 0.164 e. The molecule has 10 aromatic carbocycles. The van der Waals surface area contributed by atoms with Crippen LogP contribution >= 0.6 is 0 Å². The van der Waals surface area contributed by atoms with Crippen molar-refractivity contribution in [1.29, 1.82) is 0 Å². The highest BCUT2D eigenvalue weighted by molar-refractivity contribution is 6.28. The maximum atomic E-state index is 5.01. The number of rotatable bonds is 7. The Hall–Kier alpha value is -9.39. The quantitative estimate of drug-likeness (QED) is 0.160. The molecule has 0 saturated heterocycles. The first kappa shape index (κ1) is 38.8. The predicted molar refractivity (Wildman–Crippen MR) is 285 cm³/mol. The summed E-state index contributed by atoms with van der Waals surface area (Å²) in [5.41, 5.74) is 14.3. The number of hydrogen-bond donors (Lipinski definition) is 0. The third-order valence-electron chi connectivity index (χ3n) is 13.7. The standard InChI is InChI=1S/C63H40N6/c1-4-15-41(16-5-1)46-22-14-23-49(39-46)69-56-34-29-42-17-10-11-24-50(42)59(56)60-53-37-38-67(54(53)35-36-57(60)69)48-32-33-52-51-25-12-13-26-55(51)68(58(52)40-48)47-30-27-45(28-31-47)63-65-61(43-18-6-2-7-19-43)64-62(66-63)44-20-8-3-9-21-44/h1-40H. The SMILES string of the molecule is c1ccc(-c2cccc(-n3c4ccc5ccccc5c4c4c5ccn(-c6ccc7c8ccccc8n(-c8ccc(-c9nc(-c%10ccccc%10)nc(-c%10ccccc%10)n9)cc8)c7c6)c5ccc43)c2)cc1. The summed E-state index contributed by atoms with van der Waals surface area (Å²) >= 11 is 0. The van der Waals surface area contributed by atoms with E-state index in [1.54, 1.807) is 0 Å². The van der Waals surface area contributed by atoms with Crippen LogP contribution in [0.2, 0.25) is 0 Å². The Labute approximate surface area is 397 Å². The second-order valence-electron chi connectivity index (χ2n) is 17.6. The normalized spacial score (nSPS) is 11.8. The van der Waals surface area contributed by atoms with Crippen molar-refractivity contribution < 1.29 is 0 Å². The van der Waals surface area contributed by atoms with Crippen molar-refractivity contribution in [1.82, 2.24) is 28.7 Å². The Morgan fingerprint density at radius 2 is 0.783 bits per heavy atom. The molecule has 0 N–H and O–H groups in total. The van der Waals surface area contributed by atoms with Crippen molar-refractivity contribution in [2.75, 3.05) is 0 Å². The van der Waals surface area contributed by atoms with Crippen LogP contribution in [-0.2, 0) is 0 Å². The van der Waals surface area contributed by atoms with Crippen LogP contribution in [-0.4, -0.2) is 28.7 Å². The summed E-state index contributed by atoms with van der Waals surface area (Å²) in [6.07, 6.45) is 2.24. The lowest BCUT2D eigenvalue weighted by molar-refractivity contribution is 1.07. The third kappa shape index (κ3) is 6.30. The second kappa shape index (κ2) is 15.6. The van der Waals surface area contributed by atoms with Crippen molar-refractivity contribution in [3.8, 4) is 62.4 Å². The molecule has 4 aromatic heterocycles. The van der Waals surface area contributed by atoms with E-state index in [1.807, 2.05) is 60.7 Å². The van der Waals surface area contributed by atoms with Crippen molar-refractivity contribution >= 4 is 65.3 Å². The fraction of sp³-hybridized carbons (Fsp3) is 0. The summed E-state index contributed by atoms with van der Waals surface area (Å²) in [5, 5.41) is 8.61. The summed E-state index contributed by atoms with van der Waals surface area (Å²) in [6, 6.07) is 84.2. The van der Waals surface area contributed by atoms with Crippen LogP contribution < -0.4 is 0 Å². The highest BCUT2D eigenvalue weighted by Gasteiger charge is 2.21. The molecule has 0 fully saturated rings. The van der Waals surface area contributed by atoms with Gasteiger partial charge in [-0.2, -0.15) is 0 Å². The Balaban J connectivity index is 0.916. The molecule has 0 aliphatic heterocycles. The van der Waals surface area contributed by atoms with E-state index in [4.69, 9.17) is 15.0 Å². The Morgan fingerprint density at radius 3 is 1.49 bits per heavy atom. The fourth-order valence-corrected chi connectivity index (χ4v) is 10.5. The molecule has 14 rings (SSSR count). The molecule has 0 spiro atoms. The number of aromatic nitrogens is 6. The fourth-order valence-electron chi connectivity index (χ4n) is 10.5. The van der Waals surface area contributed by atoms with Crippen LogP contribution in [0.5, 0.6) is 0 Å². The van der Waals surface area contributed by atoms with Crippen molar-refractivity contribution in [3.63, 3.8) is 0 Å². The van der Waals surface area contributed by atoms with Gasteiger partial charge in [0.05, 0.1) is 27.6 Å². The van der Waals surface area contributed by atoms with E-state index in [0.717, 1.165) is 50.3 Å². The molecule has 0 atom stereocenters. The van der Waals surface area contributed by atoms with Crippen LogP contribution in [0.15, 0.2) is 243 Å².